The van der Waals surface area contributed by atoms with E-state index in [4.69, 9.17) is 0 Å². The van der Waals surface area contributed by atoms with Gasteiger partial charge in [0.2, 0.25) is 0 Å². The van der Waals surface area contributed by atoms with E-state index in [0.717, 1.165) is 24.9 Å². The lowest BCUT2D eigenvalue weighted by molar-refractivity contribution is 0.109. The van der Waals surface area contributed by atoms with Crippen molar-refractivity contribution in [3.63, 3.8) is 0 Å². The molecule has 0 spiro atoms. The number of nitrogens with zero attached hydrogens (tertiary/aromatic N) is 1. The zero-order valence-electron chi connectivity index (χ0n) is 15.2. The van der Waals surface area contributed by atoms with Crippen LogP contribution in [-0.4, -0.2) is 28.6 Å². The molecule has 1 N–H and O–H groups in total. The van der Waals surface area contributed by atoms with Gasteiger partial charge >= 0.3 is 0 Å². The average molecular weight is 353 g/mol. The first-order chi connectivity index (χ1) is 12.7. The predicted octanol–water partition coefficient (Wildman–Crippen LogP) is 5.05. The summed E-state index contributed by atoms with van der Waals surface area (Å²) in [5, 5.41) is 10.3. The van der Waals surface area contributed by atoms with Crippen molar-refractivity contribution < 1.29 is 9.50 Å². The molecule has 0 aliphatic carbocycles. The van der Waals surface area contributed by atoms with Crippen molar-refractivity contribution in [2.75, 3.05) is 6.54 Å². The highest BCUT2D eigenvalue weighted by molar-refractivity contribution is 5.22. The van der Waals surface area contributed by atoms with Crippen molar-refractivity contribution in [1.82, 2.24) is 4.90 Å². The number of halogens is 1. The molecular weight excluding hydrogens is 325 g/mol. The normalized spacial score (nSPS) is 26.8. The van der Waals surface area contributed by atoms with Gasteiger partial charge in [-0.1, -0.05) is 42.5 Å². The smallest absolute Gasteiger partial charge is 0.123 e. The summed E-state index contributed by atoms with van der Waals surface area (Å²) in [4.78, 5) is 2.69. The maximum atomic E-state index is 13.0. The molecular formula is C23H28FNO. The molecule has 4 rings (SSSR count). The van der Waals surface area contributed by atoms with Gasteiger partial charge in [-0.3, -0.25) is 4.90 Å². The van der Waals surface area contributed by atoms with Gasteiger partial charge in [-0.05, 0) is 74.2 Å². The van der Waals surface area contributed by atoms with E-state index in [2.05, 4.69) is 35.2 Å². The summed E-state index contributed by atoms with van der Waals surface area (Å²) in [6.07, 6.45) is 6.39. The number of piperidine rings is 1. The Balaban J connectivity index is 1.29. The van der Waals surface area contributed by atoms with Crippen molar-refractivity contribution in [3.8, 4) is 0 Å². The number of hydrogen-bond acceptors (Lipinski definition) is 2. The second-order valence-corrected chi connectivity index (χ2v) is 7.91. The molecule has 3 atom stereocenters. The van der Waals surface area contributed by atoms with Crippen LogP contribution in [0.1, 0.15) is 61.7 Å². The third-order valence-corrected chi connectivity index (χ3v) is 6.30. The summed E-state index contributed by atoms with van der Waals surface area (Å²) in [5.74, 6) is 0.452. The van der Waals surface area contributed by atoms with E-state index in [0.29, 0.717) is 18.0 Å². The number of benzene rings is 2. The first-order valence-electron chi connectivity index (χ1n) is 9.95. The van der Waals surface area contributed by atoms with Gasteiger partial charge in [-0.2, -0.15) is 0 Å². The van der Waals surface area contributed by atoms with Gasteiger partial charge in [-0.15, -0.1) is 0 Å². The zero-order valence-corrected chi connectivity index (χ0v) is 15.2. The number of fused-ring (bicyclic) bond motifs is 2. The molecule has 2 aliphatic rings. The Labute approximate surface area is 155 Å². The topological polar surface area (TPSA) is 23.5 Å². The van der Waals surface area contributed by atoms with Gasteiger partial charge in [0.1, 0.15) is 5.82 Å². The lowest BCUT2D eigenvalue weighted by Crippen LogP contribution is -2.42. The van der Waals surface area contributed by atoms with Crippen LogP contribution in [0.5, 0.6) is 0 Å². The Morgan fingerprint density at radius 1 is 0.962 bits per heavy atom. The molecule has 0 aromatic heterocycles. The van der Waals surface area contributed by atoms with Crippen molar-refractivity contribution in [2.45, 2.75) is 62.6 Å². The first kappa shape index (κ1) is 17.7. The number of hydrogen-bond donors (Lipinski definition) is 1. The summed E-state index contributed by atoms with van der Waals surface area (Å²) in [7, 11) is 0. The minimum absolute atomic E-state index is 0.251. The van der Waals surface area contributed by atoms with Crippen molar-refractivity contribution in [3.05, 3.63) is 71.5 Å². The molecule has 3 heteroatoms. The highest BCUT2D eigenvalue weighted by Gasteiger charge is 2.40. The van der Waals surface area contributed by atoms with Gasteiger partial charge in [0, 0.05) is 12.1 Å². The molecule has 2 bridgehead atoms. The summed E-state index contributed by atoms with van der Waals surface area (Å²) >= 11 is 0. The molecule has 138 valence electrons. The third-order valence-electron chi connectivity index (χ3n) is 6.30. The van der Waals surface area contributed by atoms with Gasteiger partial charge in [-0.25, -0.2) is 4.39 Å². The highest BCUT2D eigenvalue weighted by atomic mass is 19.1. The molecule has 0 amide bonds. The van der Waals surface area contributed by atoms with Crippen LogP contribution in [0.2, 0.25) is 0 Å². The predicted molar refractivity (Wildman–Crippen MR) is 103 cm³/mol. The molecule has 0 radical (unpaired) electrons. The van der Waals surface area contributed by atoms with Crippen LogP contribution in [0.3, 0.4) is 0 Å². The number of aliphatic hydroxyl groups is 1. The molecule has 2 nitrogen and oxygen atoms in total. The maximum absolute atomic E-state index is 13.0. The van der Waals surface area contributed by atoms with Gasteiger partial charge < -0.3 is 5.11 Å². The monoisotopic (exact) mass is 353 g/mol. The molecule has 2 aromatic rings. The van der Waals surface area contributed by atoms with E-state index in [-0.39, 0.29) is 5.82 Å². The van der Waals surface area contributed by atoms with Crippen LogP contribution in [0.25, 0.3) is 0 Å². The summed E-state index contributed by atoms with van der Waals surface area (Å²) in [6.45, 7) is 1.06. The van der Waals surface area contributed by atoms with E-state index in [1.165, 1.54) is 43.4 Å². The molecule has 2 heterocycles. The Bertz CT molecular complexity index is 688. The minimum atomic E-state index is -0.491. The standard InChI is InChI=1S/C23H28FNO/c24-20-10-8-18(9-11-20)23(26)7-4-14-25-21-12-13-22(25)16-19(15-21)17-5-2-1-3-6-17/h1-3,5-6,8-11,19,21-23,26H,4,7,12-16H2. The Kier molecular flexibility index (Phi) is 5.37. The second-order valence-electron chi connectivity index (χ2n) is 7.91. The fourth-order valence-corrected chi connectivity index (χ4v) is 4.96. The fraction of sp³-hybridized carbons (Fsp3) is 0.478. The lowest BCUT2D eigenvalue weighted by atomic mass is 9.85. The average Bonchev–Trinajstić information content (AvgIpc) is 2.90. The molecule has 0 saturated carbocycles. The molecule has 3 unspecified atom stereocenters. The zero-order chi connectivity index (χ0) is 17.9. The third kappa shape index (κ3) is 3.84. The number of rotatable bonds is 6. The van der Waals surface area contributed by atoms with Crippen LogP contribution < -0.4 is 0 Å². The summed E-state index contributed by atoms with van der Waals surface area (Å²) in [5.41, 5.74) is 2.31. The molecule has 2 aliphatic heterocycles. The summed E-state index contributed by atoms with van der Waals surface area (Å²) in [6, 6.07) is 18.6. The van der Waals surface area contributed by atoms with E-state index in [1.54, 1.807) is 12.1 Å². The van der Waals surface area contributed by atoms with E-state index in [1.807, 2.05) is 0 Å². The highest BCUT2D eigenvalue weighted by Crippen LogP contribution is 2.43. The SMILES string of the molecule is OC(CCCN1C2CCC1CC(c1ccccc1)C2)c1ccc(F)cc1. The Morgan fingerprint density at radius 2 is 1.62 bits per heavy atom. The van der Waals surface area contributed by atoms with Gasteiger partial charge in [0.15, 0.2) is 0 Å². The van der Waals surface area contributed by atoms with Crippen molar-refractivity contribution in [2.24, 2.45) is 0 Å². The Hall–Kier alpha value is -1.71. The van der Waals surface area contributed by atoms with Gasteiger partial charge in [0.25, 0.3) is 0 Å². The fourth-order valence-electron chi connectivity index (χ4n) is 4.96. The lowest BCUT2D eigenvalue weighted by Gasteiger charge is -2.39. The first-order valence-corrected chi connectivity index (χ1v) is 9.95. The van der Waals surface area contributed by atoms with E-state index in [9.17, 15) is 9.50 Å². The van der Waals surface area contributed by atoms with Crippen LogP contribution in [0.15, 0.2) is 54.6 Å². The van der Waals surface area contributed by atoms with Crippen molar-refractivity contribution in [1.29, 1.82) is 0 Å². The molecule has 26 heavy (non-hydrogen) atoms. The molecule has 2 saturated heterocycles. The van der Waals surface area contributed by atoms with Crippen LogP contribution in [0, 0.1) is 5.82 Å². The van der Waals surface area contributed by atoms with Crippen LogP contribution in [-0.2, 0) is 0 Å². The quantitative estimate of drug-likeness (QED) is 0.785. The molecule has 2 fully saturated rings. The van der Waals surface area contributed by atoms with Crippen LogP contribution >= 0.6 is 0 Å². The molecule has 2 aromatic carbocycles. The maximum Gasteiger partial charge on any atom is 0.123 e. The second kappa shape index (κ2) is 7.89. The summed E-state index contributed by atoms with van der Waals surface area (Å²) < 4.78 is 13.0. The minimum Gasteiger partial charge on any atom is -0.388 e. The Morgan fingerprint density at radius 3 is 2.27 bits per heavy atom. The van der Waals surface area contributed by atoms with Gasteiger partial charge in [0.05, 0.1) is 6.10 Å². The number of aliphatic hydroxyl groups excluding tert-OH is 1. The van der Waals surface area contributed by atoms with Crippen LogP contribution in [0.4, 0.5) is 4.39 Å². The van der Waals surface area contributed by atoms with E-state index < -0.39 is 6.10 Å². The largest absolute Gasteiger partial charge is 0.388 e. The van der Waals surface area contributed by atoms with E-state index >= 15 is 0 Å². The van der Waals surface area contributed by atoms with Crippen molar-refractivity contribution >= 4 is 0 Å².